The number of carbonyl (C=O) groups excluding carboxylic acids is 1. The molecule has 1 aliphatic rings. The molecule has 5 rings (SSSR count). The van der Waals surface area contributed by atoms with E-state index >= 15 is 0 Å². The number of esters is 1. The van der Waals surface area contributed by atoms with Gasteiger partial charge in [0, 0.05) is 38.6 Å². The van der Waals surface area contributed by atoms with Crippen molar-refractivity contribution in [1.29, 1.82) is 0 Å². The molecule has 180 valence electrons. The lowest BCUT2D eigenvalue weighted by molar-refractivity contribution is 0.0600. The maximum Gasteiger partial charge on any atom is 0.337 e. The van der Waals surface area contributed by atoms with Crippen molar-refractivity contribution < 1.29 is 18.3 Å². The predicted octanol–water partition coefficient (Wildman–Crippen LogP) is 6.24. The van der Waals surface area contributed by atoms with Gasteiger partial charge in [-0.2, -0.15) is 0 Å². The summed E-state index contributed by atoms with van der Waals surface area (Å²) in [6.45, 7) is 0.211. The standard InChI is InChI=1S/C27H19F2IN4O2/c1-36-26(35)16-3-6-19(7-4-16)33-27-32-14-17-13-31-25(22-11-18(28)5-9-23(22)29)21-10-15(12-30)2-8-20(21)24(17)34-27/h2-11,14H,12-13H2,1H3,(H,32,33,34). The van der Waals surface area contributed by atoms with Gasteiger partial charge in [-0.3, -0.25) is 4.99 Å². The third kappa shape index (κ3) is 4.70. The van der Waals surface area contributed by atoms with Crippen LogP contribution in [0.15, 0.2) is 71.9 Å². The van der Waals surface area contributed by atoms with Gasteiger partial charge in [-0.25, -0.2) is 23.5 Å². The second-order valence-corrected chi connectivity index (χ2v) is 8.83. The maximum atomic E-state index is 14.8. The summed E-state index contributed by atoms with van der Waals surface area (Å²) in [5, 5.41) is 3.15. The molecule has 0 unspecified atom stereocenters. The van der Waals surface area contributed by atoms with E-state index in [4.69, 9.17) is 9.72 Å². The van der Waals surface area contributed by atoms with Crippen LogP contribution >= 0.6 is 22.6 Å². The molecule has 0 amide bonds. The molecule has 4 aromatic rings. The number of anilines is 2. The third-order valence-corrected chi connectivity index (χ3v) is 6.65. The number of nitrogens with zero attached hydrogens (tertiary/aromatic N) is 3. The summed E-state index contributed by atoms with van der Waals surface area (Å²) in [4.78, 5) is 25.5. The van der Waals surface area contributed by atoms with Gasteiger partial charge in [0.25, 0.3) is 0 Å². The number of benzene rings is 3. The molecule has 1 N–H and O–H groups in total. The minimum absolute atomic E-state index is 0.103. The number of aromatic nitrogens is 2. The van der Waals surface area contributed by atoms with Gasteiger partial charge >= 0.3 is 5.97 Å². The van der Waals surface area contributed by atoms with Gasteiger partial charge < -0.3 is 10.1 Å². The average Bonchev–Trinajstić information content (AvgIpc) is 3.06. The van der Waals surface area contributed by atoms with Crippen LogP contribution in [0.4, 0.5) is 20.4 Å². The van der Waals surface area contributed by atoms with E-state index < -0.39 is 17.6 Å². The first-order valence-corrected chi connectivity index (χ1v) is 12.5. The fourth-order valence-corrected chi connectivity index (χ4v) is 4.46. The minimum atomic E-state index is -0.546. The monoisotopic (exact) mass is 596 g/mol. The number of aliphatic imine (C=N–C) groups is 1. The molecule has 0 atom stereocenters. The largest absolute Gasteiger partial charge is 0.465 e. The van der Waals surface area contributed by atoms with Crippen molar-refractivity contribution in [2.45, 2.75) is 11.0 Å². The Labute approximate surface area is 219 Å². The lowest BCUT2D eigenvalue weighted by Crippen LogP contribution is -2.08. The highest BCUT2D eigenvalue weighted by Crippen LogP contribution is 2.34. The molecule has 6 nitrogen and oxygen atoms in total. The van der Waals surface area contributed by atoms with Gasteiger partial charge in [0.1, 0.15) is 11.6 Å². The number of alkyl halides is 1. The molecular weight excluding hydrogens is 577 g/mol. The molecule has 0 radical (unpaired) electrons. The molecule has 9 heteroatoms. The van der Waals surface area contributed by atoms with Crippen LogP contribution in [0.3, 0.4) is 0 Å². The lowest BCUT2D eigenvalue weighted by atomic mass is 9.93. The Bertz CT molecular complexity index is 1510. The Morgan fingerprint density at radius 2 is 1.83 bits per heavy atom. The number of fused-ring (bicyclic) bond motifs is 3. The van der Waals surface area contributed by atoms with Gasteiger partial charge in [0.05, 0.1) is 30.6 Å². The van der Waals surface area contributed by atoms with Gasteiger partial charge in [-0.15, -0.1) is 0 Å². The number of hydrogen-bond donors (Lipinski definition) is 1. The molecular formula is C27H19F2IN4O2. The maximum absolute atomic E-state index is 14.8. The summed E-state index contributed by atoms with van der Waals surface area (Å²) in [6.07, 6.45) is 1.68. The van der Waals surface area contributed by atoms with Crippen LogP contribution in [0.1, 0.15) is 32.6 Å². The molecule has 0 saturated heterocycles. The van der Waals surface area contributed by atoms with Gasteiger partial charge in [0.2, 0.25) is 5.95 Å². The highest BCUT2D eigenvalue weighted by atomic mass is 127. The fourth-order valence-electron chi connectivity index (χ4n) is 3.99. The number of ether oxygens (including phenoxy) is 1. The molecule has 2 heterocycles. The molecule has 0 saturated carbocycles. The van der Waals surface area contributed by atoms with Crippen molar-refractivity contribution in [1.82, 2.24) is 9.97 Å². The normalized spacial score (nSPS) is 12.2. The van der Waals surface area contributed by atoms with Crippen LogP contribution in [0, 0.1) is 11.6 Å². The zero-order valence-corrected chi connectivity index (χ0v) is 21.2. The molecule has 1 aromatic heterocycles. The molecule has 0 aliphatic carbocycles. The SMILES string of the molecule is COC(=O)c1ccc(Nc2ncc3c(n2)-c2ccc(CI)cc2C(c2cc(F)ccc2F)=NC3)cc1. The van der Waals surface area contributed by atoms with E-state index in [1.54, 1.807) is 30.5 Å². The Balaban J connectivity index is 1.57. The third-order valence-electron chi connectivity index (χ3n) is 5.77. The smallest absolute Gasteiger partial charge is 0.337 e. The Morgan fingerprint density at radius 1 is 1.03 bits per heavy atom. The van der Waals surface area contributed by atoms with Gasteiger partial charge in [-0.1, -0.05) is 34.7 Å². The van der Waals surface area contributed by atoms with E-state index in [-0.39, 0.29) is 12.1 Å². The number of nitrogens with one attached hydrogen (secondary N) is 1. The van der Waals surface area contributed by atoms with E-state index in [1.165, 1.54) is 13.2 Å². The average molecular weight is 596 g/mol. The molecule has 1 aliphatic heterocycles. The van der Waals surface area contributed by atoms with Crippen molar-refractivity contribution in [2.24, 2.45) is 4.99 Å². The van der Waals surface area contributed by atoms with Crippen molar-refractivity contribution in [3.63, 3.8) is 0 Å². The number of halogens is 3. The van der Waals surface area contributed by atoms with Crippen LogP contribution in [0.5, 0.6) is 0 Å². The summed E-state index contributed by atoms with van der Waals surface area (Å²) in [7, 11) is 1.33. The fraction of sp³-hybridized carbons (Fsp3) is 0.111. The van der Waals surface area contributed by atoms with E-state index in [0.29, 0.717) is 34.2 Å². The van der Waals surface area contributed by atoms with E-state index in [0.717, 1.165) is 33.3 Å². The first-order chi connectivity index (χ1) is 17.5. The number of hydrogen-bond acceptors (Lipinski definition) is 6. The molecule has 36 heavy (non-hydrogen) atoms. The Hall–Kier alpha value is -3.73. The molecule has 0 spiro atoms. The second kappa shape index (κ2) is 10.1. The summed E-state index contributed by atoms with van der Waals surface area (Å²) >= 11 is 2.26. The molecule has 0 fully saturated rings. The van der Waals surface area contributed by atoms with Crippen molar-refractivity contribution >= 4 is 45.9 Å². The number of carbonyl (C=O) groups is 1. The number of rotatable bonds is 5. The zero-order chi connectivity index (χ0) is 25.2. The minimum Gasteiger partial charge on any atom is -0.465 e. The molecule has 0 bridgehead atoms. The Kier molecular flexibility index (Phi) is 6.73. The van der Waals surface area contributed by atoms with E-state index in [1.807, 2.05) is 18.2 Å². The van der Waals surface area contributed by atoms with Crippen molar-refractivity contribution in [3.05, 3.63) is 106 Å². The van der Waals surface area contributed by atoms with Gasteiger partial charge in [-0.05, 0) is 54.1 Å². The topological polar surface area (TPSA) is 76.5 Å². The lowest BCUT2D eigenvalue weighted by Gasteiger charge is -2.14. The second-order valence-electron chi connectivity index (χ2n) is 8.06. The van der Waals surface area contributed by atoms with Crippen LogP contribution in [0.25, 0.3) is 11.3 Å². The zero-order valence-electron chi connectivity index (χ0n) is 19.1. The highest BCUT2D eigenvalue weighted by molar-refractivity contribution is 14.1. The molecule has 3 aromatic carbocycles. The Morgan fingerprint density at radius 3 is 2.58 bits per heavy atom. The summed E-state index contributed by atoms with van der Waals surface area (Å²) in [6, 6.07) is 16.0. The van der Waals surface area contributed by atoms with Crippen LogP contribution in [-0.2, 0) is 15.7 Å². The quantitative estimate of drug-likeness (QED) is 0.168. The van der Waals surface area contributed by atoms with Crippen LogP contribution < -0.4 is 5.32 Å². The highest BCUT2D eigenvalue weighted by Gasteiger charge is 2.23. The van der Waals surface area contributed by atoms with Crippen molar-refractivity contribution in [3.8, 4) is 11.3 Å². The van der Waals surface area contributed by atoms with Gasteiger partial charge in [0.15, 0.2) is 0 Å². The summed E-state index contributed by atoms with van der Waals surface area (Å²) in [5.74, 6) is -1.15. The summed E-state index contributed by atoms with van der Waals surface area (Å²) in [5.41, 5.74) is 5.48. The predicted molar refractivity (Wildman–Crippen MR) is 142 cm³/mol. The van der Waals surface area contributed by atoms with Crippen LogP contribution in [0.2, 0.25) is 0 Å². The van der Waals surface area contributed by atoms with Crippen molar-refractivity contribution in [2.75, 3.05) is 12.4 Å². The van der Waals surface area contributed by atoms with Crippen LogP contribution in [-0.4, -0.2) is 28.8 Å². The van der Waals surface area contributed by atoms with E-state index in [2.05, 4.69) is 37.9 Å². The summed E-state index contributed by atoms with van der Waals surface area (Å²) < 4.78 is 34.3. The first kappa shape index (κ1) is 24.0. The number of methoxy groups -OCH3 is 1. The van der Waals surface area contributed by atoms with E-state index in [9.17, 15) is 13.6 Å². The first-order valence-electron chi connectivity index (χ1n) is 11.0.